The van der Waals surface area contributed by atoms with Crippen molar-refractivity contribution in [3.63, 3.8) is 0 Å². The van der Waals surface area contributed by atoms with Crippen molar-refractivity contribution >= 4 is 0 Å². The third kappa shape index (κ3) is 3.38. The molecule has 19 heavy (non-hydrogen) atoms. The Hall–Kier alpha value is -1.74. The normalized spacial score (nSPS) is 12.5. The molecule has 1 aromatic carbocycles. The maximum absolute atomic E-state index is 5.88. The molecule has 0 aliphatic carbocycles. The minimum absolute atomic E-state index is 0.0183. The van der Waals surface area contributed by atoms with Crippen LogP contribution < -0.4 is 5.73 Å². The molecule has 0 saturated carbocycles. The number of hydrogen-bond acceptors (Lipinski definition) is 3. The number of nitrogens with zero attached hydrogens (tertiary/aromatic N) is 2. The van der Waals surface area contributed by atoms with E-state index in [-0.39, 0.29) is 6.04 Å². The summed E-state index contributed by atoms with van der Waals surface area (Å²) in [7, 11) is 0. The Balaban J connectivity index is 2.26. The van der Waals surface area contributed by atoms with Crippen LogP contribution in [0.3, 0.4) is 0 Å². The molecular formula is C16H21N3. The Morgan fingerprint density at radius 3 is 2.26 bits per heavy atom. The first-order valence-corrected chi connectivity index (χ1v) is 6.61. The molecule has 0 radical (unpaired) electrons. The summed E-state index contributed by atoms with van der Waals surface area (Å²) < 4.78 is 0. The second-order valence-corrected chi connectivity index (χ2v) is 5.29. The van der Waals surface area contributed by atoms with E-state index in [1.165, 1.54) is 16.7 Å². The summed E-state index contributed by atoms with van der Waals surface area (Å²) in [5.74, 6) is 0.854. The van der Waals surface area contributed by atoms with Gasteiger partial charge in [0.1, 0.15) is 5.82 Å². The Kier molecular flexibility index (Phi) is 3.96. The van der Waals surface area contributed by atoms with Crippen molar-refractivity contribution in [2.24, 2.45) is 5.73 Å². The summed E-state index contributed by atoms with van der Waals surface area (Å²) in [6.07, 6.45) is 2.62. The molecule has 3 nitrogen and oxygen atoms in total. The van der Waals surface area contributed by atoms with Crippen LogP contribution in [-0.4, -0.2) is 9.97 Å². The average molecular weight is 255 g/mol. The maximum atomic E-state index is 5.88. The van der Waals surface area contributed by atoms with E-state index in [0.717, 1.165) is 23.5 Å². The summed E-state index contributed by atoms with van der Waals surface area (Å²) >= 11 is 0. The van der Waals surface area contributed by atoms with Gasteiger partial charge in [0.05, 0.1) is 0 Å². The van der Waals surface area contributed by atoms with Gasteiger partial charge in [-0.1, -0.05) is 29.3 Å². The fourth-order valence-electron chi connectivity index (χ4n) is 2.41. The molecule has 2 N–H and O–H groups in total. The number of rotatable bonds is 3. The van der Waals surface area contributed by atoms with E-state index in [9.17, 15) is 0 Å². The largest absolute Gasteiger partial charge is 0.324 e. The lowest BCUT2D eigenvalue weighted by Crippen LogP contribution is -2.10. The first kappa shape index (κ1) is 13.7. The lowest BCUT2D eigenvalue weighted by atomic mass is 10.0. The van der Waals surface area contributed by atoms with E-state index in [0.29, 0.717) is 0 Å². The second-order valence-electron chi connectivity index (χ2n) is 5.29. The predicted molar refractivity (Wildman–Crippen MR) is 78.1 cm³/mol. The summed E-state index contributed by atoms with van der Waals surface area (Å²) in [5, 5.41) is 0. The van der Waals surface area contributed by atoms with Crippen molar-refractivity contribution in [3.8, 4) is 0 Å². The van der Waals surface area contributed by atoms with E-state index < -0.39 is 0 Å². The number of benzene rings is 1. The molecule has 0 saturated heterocycles. The van der Waals surface area contributed by atoms with Gasteiger partial charge in [-0.15, -0.1) is 0 Å². The van der Waals surface area contributed by atoms with Gasteiger partial charge in [-0.05, 0) is 33.3 Å². The van der Waals surface area contributed by atoms with Crippen LogP contribution in [0.2, 0.25) is 0 Å². The molecule has 0 unspecified atom stereocenters. The molecule has 0 fully saturated rings. The van der Waals surface area contributed by atoms with Gasteiger partial charge < -0.3 is 5.73 Å². The zero-order valence-electron chi connectivity index (χ0n) is 12.1. The molecule has 2 rings (SSSR count). The van der Waals surface area contributed by atoms with E-state index in [4.69, 9.17) is 5.73 Å². The van der Waals surface area contributed by atoms with Crippen LogP contribution >= 0.6 is 0 Å². The first-order chi connectivity index (χ1) is 8.95. The molecule has 100 valence electrons. The summed E-state index contributed by atoms with van der Waals surface area (Å²) in [5.41, 5.74) is 11.7. The number of aryl methyl sites for hydroxylation is 3. The van der Waals surface area contributed by atoms with Crippen LogP contribution in [0, 0.1) is 20.8 Å². The number of aromatic nitrogens is 2. The van der Waals surface area contributed by atoms with E-state index in [2.05, 4.69) is 42.0 Å². The minimum Gasteiger partial charge on any atom is -0.324 e. The Labute approximate surface area is 114 Å². The van der Waals surface area contributed by atoms with Crippen LogP contribution in [0.4, 0.5) is 0 Å². The maximum Gasteiger partial charge on any atom is 0.132 e. The van der Waals surface area contributed by atoms with Crippen LogP contribution in [0.25, 0.3) is 0 Å². The summed E-state index contributed by atoms with van der Waals surface area (Å²) in [4.78, 5) is 8.98. The molecule has 0 amide bonds. The van der Waals surface area contributed by atoms with Crippen LogP contribution in [0.15, 0.2) is 24.4 Å². The predicted octanol–water partition coefficient (Wildman–Crippen LogP) is 3.01. The third-order valence-corrected chi connectivity index (χ3v) is 3.20. The lowest BCUT2D eigenvalue weighted by Gasteiger charge is -2.10. The molecule has 0 bridgehead atoms. The summed E-state index contributed by atoms with van der Waals surface area (Å²) in [6, 6.07) is 6.53. The molecule has 0 aliphatic heterocycles. The van der Waals surface area contributed by atoms with Crippen LogP contribution in [-0.2, 0) is 6.42 Å². The molecule has 0 spiro atoms. The van der Waals surface area contributed by atoms with Crippen LogP contribution in [0.5, 0.6) is 0 Å². The molecule has 1 atom stereocenters. The Bertz CT molecular complexity index is 568. The topological polar surface area (TPSA) is 51.8 Å². The fourth-order valence-corrected chi connectivity index (χ4v) is 2.41. The van der Waals surface area contributed by atoms with Gasteiger partial charge in [0.15, 0.2) is 0 Å². The SMILES string of the molecule is Cc1cc(C)cc(Cc2ncc([C@@H](C)N)c(C)n2)c1. The summed E-state index contributed by atoms with van der Waals surface area (Å²) in [6.45, 7) is 8.17. The number of nitrogens with two attached hydrogens (primary N) is 1. The van der Waals surface area contributed by atoms with E-state index in [1.54, 1.807) is 0 Å². The van der Waals surface area contributed by atoms with E-state index >= 15 is 0 Å². The van der Waals surface area contributed by atoms with Crippen molar-refractivity contribution in [2.75, 3.05) is 0 Å². The number of hydrogen-bond donors (Lipinski definition) is 1. The highest BCUT2D eigenvalue weighted by molar-refractivity contribution is 5.31. The first-order valence-electron chi connectivity index (χ1n) is 6.61. The highest BCUT2D eigenvalue weighted by Crippen LogP contribution is 2.15. The molecule has 1 aromatic heterocycles. The zero-order chi connectivity index (χ0) is 14.0. The minimum atomic E-state index is -0.0183. The molecule has 2 aromatic rings. The van der Waals surface area contributed by atoms with Gasteiger partial charge in [-0.3, -0.25) is 0 Å². The molecule has 3 heteroatoms. The Morgan fingerprint density at radius 1 is 1.11 bits per heavy atom. The molecule has 1 heterocycles. The van der Waals surface area contributed by atoms with Crippen molar-refractivity contribution in [3.05, 3.63) is 58.2 Å². The smallest absolute Gasteiger partial charge is 0.132 e. The Morgan fingerprint density at radius 2 is 1.74 bits per heavy atom. The lowest BCUT2D eigenvalue weighted by molar-refractivity contribution is 0.776. The highest BCUT2D eigenvalue weighted by Gasteiger charge is 2.08. The monoisotopic (exact) mass is 255 g/mol. The van der Waals surface area contributed by atoms with Gasteiger partial charge in [-0.25, -0.2) is 9.97 Å². The molecular weight excluding hydrogens is 234 g/mol. The van der Waals surface area contributed by atoms with Gasteiger partial charge in [0.2, 0.25) is 0 Å². The van der Waals surface area contributed by atoms with Crippen molar-refractivity contribution in [2.45, 2.75) is 40.2 Å². The van der Waals surface area contributed by atoms with Crippen molar-refractivity contribution in [1.29, 1.82) is 0 Å². The average Bonchev–Trinajstić information content (AvgIpc) is 2.26. The third-order valence-electron chi connectivity index (χ3n) is 3.20. The van der Waals surface area contributed by atoms with Gasteiger partial charge in [0.25, 0.3) is 0 Å². The second kappa shape index (κ2) is 5.49. The van der Waals surface area contributed by atoms with E-state index in [1.807, 2.05) is 20.0 Å². The van der Waals surface area contributed by atoms with Gasteiger partial charge in [-0.2, -0.15) is 0 Å². The van der Waals surface area contributed by atoms with Crippen molar-refractivity contribution in [1.82, 2.24) is 9.97 Å². The molecule has 0 aliphatic rings. The van der Waals surface area contributed by atoms with Gasteiger partial charge >= 0.3 is 0 Å². The fraction of sp³-hybridized carbons (Fsp3) is 0.375. The van der Waals surface area contributed by atoms with Gasteiger partial charge in [0, 0.05) is 29.9 Å². The van der Waals surface area contributed by atoms with Crippen molar-refractivity contribution < 1.29 is 0 Å². The quantitative estimate of drug-likeness (QED) is 0.917. The zero-order valence-corrected chi connectivity index (χ0v) is 12.1. The van der Waals surface area contributed by atoms with Crippen LogP contribution in [0.1, 0.15) is 46.7 Å². The standard InChI is InChI=1S/C16H21N3/c1-10-5-11(2)7-14(6-10)8-16-18-9-15(12(3)17)13(4)19-16/h5-7,9,12H,8,17H2,1-4H3/t12-/m1/s1. The highest BCUT2D eigenvalue weighted by atomic mass is 14.9.